The second-order valence-corrected chi connectivity index (χ2v) is 4.83. The molecule has 84 valence electrons. The minimum absolute atomic E-state index is 0.148. The van der Waals surface area contributed by atoms with Gasteiger partial charge in [-0.05, 0) is 51.0 Å². The standard InChI is InChI=1S/C13H22N2/c1-5-8-13(3,4)15-12-7-6-11(14)9-10(12)2/h6-7,9,15H,5,8,14H2,1-4H3. The molecule has 1 aromatic rings. The minimum atomic E-state index is 0.148. The molecule has 0 aliphatic heterocycles. The largest absolute Gasteiger partial charge is 0.399 e. The van der Waals surface area contributed by atoms with Crippen molar-refractivity contribution in [3.63, 3.8) is 0 Å². The van der Waals surface area contributed by atoms with Gasteiger partial charge < -0.3 is 11.1 Å². The molecule has 0 aliphatic rings. The highest BCUT2D eigenvalue weighted by atomic mass is 15.0. The lowest BCUT2D eigenvalue weighted by Crippen LogP contribution is -2.30. The van der Waals surface area contributed by atoms with Crippen LogP contribution in [0.2, 0.25) is 0 Å². The summed E-state index contributed by atoms with van der Waals surface area (Å²) in [6.07, 6.45) is 2.35. The van der Waals surface area contributed by atoms with Crippen LogP contribution < -0.4 is 11.1 Å². The number of hydrogen-bond donors (Lipinski definition) is 2. The second-order valence-electron chi connectivity index (χ2n) is 4.83. The normalized spacial score (nSPS) is 11.5. The number of hydrogen-bond acceptors (Lipinski definition) is 2. The molecule has 0 radical (unpaired) electrons. The number of nitrogens with one attached hydrogen (secondary N) is 1. The van der Waals surface area contributed by atoms with Crippen molar-refractivity contribution in [1.29, 1.82) is 0 Å². The van der Waals surface area contributed by atoms with Gasteiger partial charge >= 0.3 is 0 Å². The SMILES string of the molecule is CCCC(C)(C)Nc1ccc(N)cc1C. The molecule has 0 aliphatic carbocycles. The van der Waals surface area contributed by atoms with Crippen molar-refractivity contribution in [3.8, 4) is 0 Å². The molecule has 2 nitrogen and oxygen atoms in total. The summed E-state index contributed by atoms with van der Waals surface area (Å²) in [6.45, 7) is 8.75. The zero-order valence-corrected chi connectivity index (χ0v) is 10.2. The maximum Gasteiger partial charge on any atom is 0.0375 e. The summed E-state index contributed by atoms with van der Waals surface area (Å²) in [5.41, 5.74) is 9.09. The van der Waals surface area contributed by atoms with Gasteiger partial charge in [-0.2, -0.15) is 0 Å². The van der Waals surface area contributed by atoms with E-state index in [9.17, 15) is 0 Å². The lowest BCUT2D eigenvalue weighted by molar-refractivity contribution is 0.510. The smallest absolute Gasteiger partial charge is 0.0375 e. The molecule has 0 saturated carbocycles. The highest BCUT2D eigenvalue weighted by Crippen LogP contribution is 2.23. The van der Waals surface area contributed by atoms with E-state index in [-0.39, 0.29) is 5.54 Å². The van der Waals surface area contributed by atoms with Crippen molar-refractivity contribution in [2.24, 2.45) is 0 Å². The Hall–Kier alpha value is -1.18. The van der Waals surface area contributed by atoms with Gasteiger partial charge in [0.25, 0.3) is 0 Å². The van der Waals surface area contributed by atoms with Crippen molar-refractivity contribution in [2.75, 3.05) is 11.1 Å². The Morgan fingerprint density at radius 3 is 2.53 bits per heavy atom. The Kier molecular flexibility index (Phi) is 3.61. The molecule has 3 N–H and O–H groups in total. The molecule has 0 fully saturated rings. The number of nitrogens with two attached hydrogens (primary N) is 1. The topological polar surface area (TPSA) is 38.0 Å². The molecule has 1 aromatic carbocycles. The van der Waals surface area contributed by atoms with Crippen molar-refractivity contribution in [1.82, 2.24) is 0 Å². The molecule has 1 rings (SSSR count). The number of rotatable bonds is 4. The van der Waals surface area contributed by atoms with E-state index >= 15 is 0 Å². The van der Waals surface area contributed by atoms with E-state index in [4.69, 9.17) is 5.73 Å². The first-order chi connectivity index (χ1) is 6.94. The number of anilines is 2. The monoisotopic (exact) mass is 206 g/mol. The van der Waals surface area contributed by atoms with Gasteiger partial charge in [0.15, 0.2) is 0 Å². The first kappa shape index (κ1) is 11.9. The first-order valence-corrected chi connectivity index (χ1v) is 5.59. The lowest BCUT2D eigenvalue weighted by atomic mass is 9.98. The third kappa shape index (κ3) is 3.46. The average Bonchev–Trinajstić information content (AvgIpc) is 2.09. The van der Waals surface area contributed by atoms with Crippen LogP contribution in [0.4, 0.5) is 11.4 Å². The van der Waals surface area contributed by atoms with Gasteiger partial charge in [-0.15, -0.1) is 0 Å². The summed E-state index contributed by atoms with van der Waals surface area (Å²) in [6, 6.07) is 6.00. The molecule has 0 bridgehead atoms. The number of benzene rings is 1. The fourth-order valence-corrected chi connectivity index (χ4v) is 1.88. The van der Waals surface area contributed by atoms with E-state index in [1.807, 2.05) is 12.1 Å². The zero-order valence-electron chi connectivity index (χ0n) is 10.2. The van der Waals surface area contributed by atoms with Gasteiger partial charge in [0.1, 0.15) is 0 Å². The van der Waals surface area contributed by atoms with Gasteiger partial charge in [-0.1, -0.05) is 13.3 Å². The summed E-state index contributed by atoms with van der Waals surface area (Å²) >= 11 is 0. The summed E-state index contributed by atoms with van der Waals surface area (Å²) in [5, 5.41) is 3.56. The minimum Gasteiger partial charge on any atom is -0.399 e. The summed E-state index contributed by atoms with van der Waals surface area (Å²) in [7, 11) is 0. The molecule has 15 heavy (non-hydrogen) atoms. The van der Waals surface area contributed by atoms with Crippen molar-refractivity contribution >= 4 is 11.4 Å². The van der Waals surface area contributed by atoms with Crippen LogP contribution in [0, 0.1) is 6.92 Å². The molecule has 0 aromatic heterocycles. The van der Waals surface area contributed by atoms with Crippen LogP contribution in [0.1, 0.15) is 39.2 Å². The van der Waals surface area contributed by atoms with Gasteiger partial charge in [-0.25, -0.2) is 0 Å². The molecule has 0 amide bonds. The fourth-order valence-electron chi connectivity index (χ4n) is 1.88. The van der Waals surface area contributed by atoms with Crippen LogP contribution in [0.25, 0.3) is 0 Å². The summed E-state index contributed by atoms with van der Waals surface area (Å²) in [5.74, 6) is 0. The van der Waals surface area contributed by atoms with Crippen LogP contribution in [0.3, 0.4) is 0 Å². The molecule has 0 saturated heterocycles. The Bertz CT molecular complexity index is 329. The summed E-state index contributed by atoms with van der Waals surface area (Å²) < 4.78 is 0. The van der Waals surface area contributed by atoms with E-state index in [0.717, 1.165) is 12.1 Å². The van der Waals surface area contributed by atoms with Crippen LogP contribution in [-0.4, -0.2) is 5.54 Å². The second kappa shape index (κ2) is 4.56. The van der Waals surface area contributed by atoms with E-state index in [1.165, 1.54) is 17.7 Å². The summed E-state index contributed by atoms with van der Waals surface area (Å²) in [4.78, 5) is 0. The van der Waals surface area contributed by atoms with Crippen LogP contribution in [0.5, 0.6) is 0 Å². The molecule has 0 atom stereocenters. The van der Waals surface area contributed by atoms with Crippen LogP contribution in [0.15, 0.2) is 18.2 Å². The van der Waals surface area contributed by atoms with Gasteiger partial charge in [-0.3, -0.25) is 0 Å². The van der Waals surface area contributed by atoms with Crippen molar-refractivity contribution in [3.05, 3.63) is 23.8 Å². The van der Waals surface area contributed by atoms with E-state index < -0.39 is 0 Å². The molecule has 0 unspecified atom stereocenters. The van der Waals surface area contributed by atoms with Gasteiger partial charge in [0, 0.05) is 16.9 Å². The number of aryl methyl sites for hydroxylation is 1. The molecule has 0 heterocycles. The predicted octanol–water partition coefficient (Wildman–Crippen LogP) is 3.57. The Labute approximate surface area is 92.9 Å². The predicted molar refractivity (Wildman–Crippen MR) is 68.2 cm³/mol. The maximum absolute atomic E-state index is 5.72. The third-order valence-electron chi connectivity index (χ3n) is 2.60. The Morgan fingerprint density at radius 1 is 1.33 bits per heavy atom. The third-order valence-corrected chi connectivity index (χ3v) is 2.60. The van der Waals surface area contributed by atoms with E-state index in [1.54, 1.807) is 0 Å². The molecular weight excluding hydrogens is 184 g/mol. The Balaban J connectivity index is 2.80. The van der Waals surface area contributed by atoms with Gasteiger partial charge in [0.05, 0.1) is 0 Å². The fraction of sp³-hybridized carbons (Fsp3) is 0.538. The molecular formula is C13H22N2. The zero-order chi connectivity index (χ0) is 11.5. The quantitative estimate of drug-likeness (QED) is 0.739. The van der Waals surface area contributed by atoms with Crippen LogP contribution >= 0.6 is 0 Å². The number of nitrogen functional groups attached to an aromatic ring is 1. The molecule has 2 heteroatoms. The highest BCUT2D eigenvalue weighted by molar-refractivity contribution is 5.58. The molecule has 0 spiro atoms. The van der Waals surface area contributed by atoms with Crippen molar-refractivity contribution < 1.29 is 0 Å². The van der Waals surface area contributed by atoms with Crippen LogP contribution in [-0.2, 0) is 0 Å². The lowest BCUT2D eigenvalue weighted by Gasteiger charge is -2.28. The first-order valence-electron chi connectivity index (χ1n) is 5.59. The highest BCUT2D eigenvalue weighted by Gasteiger charge is 2.16. The van der Waals surface area contributed by atoms with E-state index in [2.05, 4.69) is 39.1 Å². The van der Waals surface area contributed by atoms with E-state index in [0.29, 0.717) is 0 Å². The Morgan fingerprint density at radius 2 is 2.00 bits per heavy atom. The maximum atomic E-state index is 5.72. The van der Waals surface area contributed by atoms with Gasteiger partial charge in [0.2, 0.25) is 0 Å². The van der Waals surface area contributed by atoms with Crippen molar-refractivity contribution in [2.45, 2.75) is 46.1 Å². The average molecular weight is 206 g/mol.